The Kier molecular flexibility index (Phi) is 5.22. The summed E-state index contributed by atoms with van der Waals surface area (Å²) in [6.45, 7) is 5.46. The minimum atomic E-state index is -4.58. The number of nitrogens with zero attached hydrogens (tertiary/aromatic N) is 2. The average Bonchev–Trinajstić information content (AvgIpc) is 2.47. The molecule has 1 aromatic carbocycles. The van der Waals surface area contributed by atoms with Crippen LogP contribution in [0.1, 0.15) is 36.7 Å². The predicted octanol–water partition coefficient (Wildman–Crippen LogP) is 4.42. The summed E-state index contributed by atoms with van der Waals surface area (Å²) in [4.78, 5) is 19.8. The van der Waals surface area contributed by atoms with E-state index >= 15 is 0 Å². The number of anilines is 2. The summed E-state index contributed by atoms with van der Waals surface area (Å²) in [7, 11) is 0. The average molecular weight is 373 g/mol. The van der Waals surface area contributed by atoms with Gasteiger partial charge in [-0.15, -0.1) is 0 Å². The molecule has 0 atom stereocenters. The molecule has 2 aromatic rings. The van der Waals surface area contributed by atoms with Crippen LogP contribution in [0.3, 0.4) is 0 Å². The Bertz CT molecular complexity index is 770. The fourth-order valence-electron chi connectivity index (χ4n) is 1.90. The van der Waals surface area contributed by atoms with Gasteiger partial charge in [-0.1, -0.05) is 11.6 Å². The molecule has 0 aliphatic heterocycles. The minimum Gasteiger partial charge on any atom is -0.347 e. The number of hydrogen-bond donors (Lipinski definition) is 2. The monoisotopic (exact) mass is 372 g/mol. The Morgan fingerprint density at radius 2 is 1.72 bits per heavy atom. The van der Waals surface area contributed by atoms with Crippen molar-refractivity contribution in [3.63, 3.8) is 0 Å². The molecule has 1 amide bonds. The topological polar surface area (TPSA) is 66.9 Å². The van der Waals surface area contributed by atoms with Crippen molar-refractivity contribution in [1.29, 1.82) is 0 Å². The van der Waals surface area contributed by atoms with E-state index in [-0.39, 0.29) is 28.1 Å². The van der Waals surface area contributed by atoms with E-state index < -0.39 is 17.3 Å². The van der Waals surface area contributed by atoms with Crippen LogP contribution >= 0.6 is 11.6 Å². The van der Waals surface area contributed by atoms with Crippen LogP contribution in [0.2, 0.25) is 5.02 Å². The maximum Gasteiger partial charge on any atom is 0.418 e. The van der Waals surface area contributed by atoms with Gasteiger partial charge in [0, 0.05) is 23.0 Å². The maximum absolute atomic E-state index is 13.1. The van der Waals surface area contributed by atoms with E-state index in [1.54, 1.807) is 0 Å². The van der Waals surface area contributed by atoms with Gasteiger partial charge in [0.25, 0.3) is 5.91 Å². The molecule has 2 N–H and O–H groups in total. The molecule has 0 radical (unpaired) electrons. The molecule has 0 bridgehead atoms. The summed E-state index contributed by atoms with van der Waals surface area (Å²) in [5.74, 6) is -0.443. The smallest absolute Gasteiger partial charge is 0.347 e. The number of alkyl halides is 3. The zero-order valence-electron chi connectivity index (χ0n) is 13.7. The summed E-state index contributed by atoms with van der Waals surface area (Å²) in [6.07, 6.45) is -2.11. The first-order valence-electron chi connectivity index (χ1n) is 7.24. The first-order valence-corrected chi connectivity index (χ1v) is 7.62. The highest BCUT2D eigenvalue weighted by Crippen LogP contribution is 2.37. The largest absolute Gasteiger partial charge is 0.418 e. The van der Waals surface area contributed by atoms with Crippen molar-refractivity contribution in [1.82, 2.24) is 15.3 Å². The normalized spacial score (nSPS) is 12.0. The predicted molar refractivity (Wildman–Crippen MR) is 89.0 cm³/mol. The van der Waals surface area contributed by atoms with E-state index in [1.165, 1.54) is 24.5 Å². The summed E-state index contributed by atoms with van der Waals surface area (Å²) < 4.78 is 39.2. The molecule has 25 heavy (non-hydrogen) atoms. The summed E-state index contributed by atoms with van der Waals surface area (Å²) in [6, 6.07) is 3.33. The Labute approximate surface area is 147 Å². The van der Waals surface area contributed by atoms with Crippen LogP contribution in [-0.4, -0.2) is 21.4 Å². The highest BCUT2D eigenvalue weighted by molar-refractivity contribution is 6.30. The van der Waals surface area contributed by atoms with E-state index in [2.05, 4.69) is 20.6 Å². The van der Waals surface area contributed by atoms with E-state index in [4.69, 9.17) is 11.6 Å². The van der Waals surface area contributed by atoms with Crippen LogP contribution in [0, 0.1) is 0 Å². The third-order valence-corrected chi connectivity index (χ3v) is 3.17. The fraction of sp³-hybridized carbons (Fsp3) is 0.312. The Hall–Kier alpha value is -2.35. The van der Waals surface area contributed by atoms with Crippen molar-refractivity contribution in [3.8, 4) is 0 Å². The third-order valence-electron chi connectivity index (χ3n) is 2.94. The van der Waals surface area contributed by atoms with Gasteiger partial charge < -0.3 is 10.6 Å². The summed E-state index contributed by atoms with van der Waals surface area (Å²) in [5.41, 5.74) is -1.39. The second kappa shape index (κ2) is 6.87. The van der Waals surface area contributed by atoms with Crippen LogP contribution < -0.4 is 10.6 Å². The molecule has 5 nitrogen and oxygen atoms in total. The van der Waals surface area contributed by atoms with Crippen molar-refractivity contribution >= 4 is 29.1 Å². The number of rotatable bonds is 3. The number of aromatic nitrogens is 2. The number of nitrogens with one attached hydrogen (secondary N) is 2. The molecule has 0 saturated carbocycles. The lowest BCUT2D eigenvalue weighted by molar-refractivity contribution is -0.136. The molecule has 0 saturated heterocycles. The molecule has 134 valence electrons. The standard InChI is InChI=1S/C16H16ClF3N4O/c1-15(2,3)24-13(25)9-7-21-14(22-8-9)23-12-5-4-10(17)6-11(12)16(18,19)20/h4-8H,1-3H3,(H,24,25)(H,21,22,23). The SMILES string of the molecule is CC(C)(C)NC(=O)c1cnc(Nc2ccc(Cl)cc2C(F)(F)F)nc1. The second-order valence-corrected chi connectivity index (χ2v) is 6.75. The van der Waals surface area contributed by atoms with Crippen LogP contribution in [0.5, 0.6) is 0 Å². The summed E-state index contributed by atoms with van der Waals surface area (Å²) in [5, 5.41) is 5.19. The minimum absolute atomic E-state index is 0.0343. The lowest BCUT2D eigenvalue weighted by Crippen LogP contribution is -2.40. The van der Waals surface area contributed by atoms with Crippen LogP contribution in [0.4, 0.5) is 24.8 Å². The highest BCUT2D eigenvalue weighted by atomic mass is 35.5. The van der Waals surface area contributed by atoms with E-state index in [0.29, 0.717) is 0 Å². The van der Waals surface area contributed by atoms with Crippen molar-refractivity contribution in [2.24, 2.45) is 0 Å². The van der Waals surface area contributed by atoms with Gasteiger partial charge in [0.05, 0.1) is 16.8 Å². The number of halogens is 4. The molecule has 0 unspecified atom stereocenters. The third kappa shape index (κ3) is 5.32. The first-order chi connectivity index (χ1) is 11.5. The van der Waals surface area contributed by atoms with Crippen molar-refractivity contribution in [2.45, 2.75) is 32.5 Å². The van der Waals surface area contributed by atoms with Gasteiger partial charge in [0.2, 0.25) is 5.95 Å². The molecule has 0 spiro atoms. The van der Waals surface area contributed by atoms with Crippen LogP contribution in [-0.2, 0) is 6.18 Å². The van der Waals surface area contributed by atoms with Gasteiger partial charge in [-0.2, -0.15) is 13.2 Å². The Morgan fingerprint density at radius 1 is 1.12 bits per heavy atom. The lowest BCUT2D eigenvalue weighted by atomic mass is 10.1. The van der Waals surface area contributed by atoms with Crippen molar-refractivity contribution < 1.29 is 18.0 Å². The van der Waals surface area contributed by atoms with Gasteiger partial charge >= 0.3 is 6.18 Å². The maximum atomic E-state index is 13.1. The second-order valence-electron chi connectivity index (χ2n) is 6.31. The molecule has 2 rings (SSSR count). The molecule has 0 aliphatic rings. The molecule has 1 heterocycles. The molecule has 9 heteroatoms. The zero-order valence-corrected chi connectivity index (χ0v) is 14.5. The van der Waals surface area contributed by atoms with E-state index in [1.807, 2.05) is 20.8 Å². The fourth-order valence-corrected chi connectivity index (χ4v) is 2.08. The van der Waals surface area contributed by atoms with Crippen molar-refractivity contribution in [3.05, 3.63) is 46.7 Å². The molecular formula is C16H16ClF3N4O. The van der Waals surface area contributed by atoms with E-state index in [9.17, 15) is 18.0 Å². The summed E-state index contributed by atoms with van der Waals surface area (Å²) >= 11 is 5.63. The van der Waals surface area contributed by atoms with Gasteiger partial charge in [0.15, 0.2) is 0 Å². The first kappa shape index (κ1) is 19.0. The van der Waals surface area contributed by atoms with E-state index in [0.717, 1.165) is 6.07 Å². The molecule has 0 fully saturated rings. The number of hydrogen-bond acceptors (Lipinski definition) is 4. The zero-order chi connectivity index (χ0) is 18.8. The van der Waals surface area contributed by atoms with Crippen LogP contribution in [0.15, 0.2) is 30.6 Å². The van der Waals surface area contributed by atoms with Gasteiger partial charge in [-0.25, -0.2) is 9.97 Å². The van der Waals surface area contributed by atoms with Gasteiger partial charge in [-0.05, 0) is 39.0 Å². The molecule has 1 aromatic heterocycles. The number of carbonyl (C=O) groups excluding carboxylic acids is 1. The lowest BCUT2D eigenvalue weighted by Gasteiger charge is -2.20. The van der Waals surface area contributed by atoms with Gasteiger partial charge in [-0.3, -0.25) is 4.79 Å². The molecular weight excluding hydrogens is 357 g/mol. The Balaban J connectivity index is 2.21. The quantitative estimate of drug-likeness (QED) is 0.837. The number of amides is 1. The van der Waals surface area contributed by atoms with Crippen LogP contribution in [0.25, 0.3) is 0 Å². The molecule has 0 aliphatic carbocycles. The highest BCUT2D eigenvalue weighted by Gasteiger charge is 2.34. The number of carbonyl (C=O) groups is 1. The van der Waals surface area contributed by atoms with Gasteiger partial charge in [0.1, 0.15) is 0 Å². The Morgan fingerprint density at radius 3 is 2.24 bits per heavy atom. The number of benzene rings is 1. The van der Waals surface area contributed by atoms with Crippen molar-refractivity contribution in [2.75, 3.05) is 5.32 Å².